The van der Waals surface area contributed by atoms with Crippen molar-refractivity contribution in [2.24, 2.45) is 28.3 Å². The smallest absolute Gasteiger partial charge is 0.249 e. The number of guanidine groups is 1. The van der Waals surface area contributed by atoms with Crippen LogP contribution in [0.5, 0.6) is 0 Å². The fraction of sp³-hybridized carbons (Fsp3) is 0.613. The number of likely N-dealkylation sites (N-methyl/N-ethyl adjacent to an activating group) is 1. The zero-order valence-corrected chi connectivity index (χ0v) is 27.2. The minimum absolute atomic E-state index is 0.0781. The van der Waals surface area contributed by atoms with Gasteiger partial charge in [0.25, 0.3) is 0 Å². The number of nitrogens with one attached hydrogen (secondary N) is 3. The van der Waals surface area contributed by atoms with Gasteiger partial charge in [0.2, 0.25) is 23.6 Å². The molecule has 0 saturated carbocycles. The fourth-order valence-electron chi connectivity index (χ4n) is 5.00. The molecule has 0 unspecified atom stereocenters. The van der Waals surface area contributed by atoms with Gasteiger partial charge in [-0.3, -0.25) is 29.0 Å². The molecule has 0 spiro atoms. The van der Waals surface area contributed by atoms with Crippen LogP contribution in [0.3, 0.4) is 0 Å². The molecule has 1 aliphatic heterocycles. The van der Waals surface area contributed by atoms with Crippen molar-refractivity contribution in [2.45, 2.75) is 90.3 Å². The number of rotatable bonds is 8. The maximum atomic E-state index is 13.8. The number of hydrogen-bond donors (Lipinski definition) is 5. The minimum Gasteiger partial charge on any atom is -0.370 e. The number of nitrogens with two attached hydrogens (primary N) is 2. The number of carbonyl (C=O) groups is 5. The number of nitrogens with zero attached hydrogens (tertiary/aromatic N) is 2. The molecule has 44 heavy (non-hydrogen) atoms. The Labute approximate surface area is 265 Å². The summed E-state index contributed by atoms with van der Waals surface area (Å²) in [5.41, 5.74) is 10.2. The van der Waals surface area contributed by atoms with Crippen molar-refractivity contribution in [3.8, 4) is 0 Å². The molecule has 1 aliphatic rings. The van der Waals surface area contributed by atoms with E-state index in [4.69, 9.17) is 23.1 Å². The van der Waals surface area contributed by atoms with E-state index in [9.17, 15) is 24.0 Å². The molecule has 1 aromatic rings. The average Bonchev–Trinajstić information content (AvgIpc) is 2.97. The van der Waals surface area contributed by atoms with Crippen molar-refractivity contribution in [1.82, 2.24) is 20.9 Å². The van der Waals surface area contributed by atoms with Crippen molar-refractivity contribution in [3.63, 3.8) is 0 Å². The average molecular weight is 634 g/mol. The molecule has 1 heterocycles. The molecule has 7 N–H and O–H groups in total. The molecule has 13 heteroatoms. The van der Waals surface area contributed by atoms with E-state index in [2.05, 4.69) is 20.9 Å². The lowest BCUT2D eigenvalue weighted by Crippen LogP contribution is -2.55. The van der Waals surface area contributed by atoms with Crippen molar-refractivity contribution in [3.05, 3.63) is 34.9 Å². The zero-order valence-electron chi connectivity index (χ0n) is 26.5. The molecular formula is C31H48ClN7O5. The number of aliphatic imine (C=N–C) groups is 1. The Balaban J connectivity index is 2.48. The van der Waals surface area contributed by atoms with Gasteiger partial charge in [-0.2, -0.15) is 0 Å². The Bertz CT molecular complexity index is 1200. The van der Waals surface area contributed by atoms with Crippen molar-refractivity contribution in [2.75, 3.05) is 20.1 Å². The molecule has 0 aromatic heterocycles. The lowest BCUT2D eigenvalue weighted by molar-refractivity contribution is -0.138. The van der Waals surface area contributed by atoms with Gasteiger partial charge in [-0.1, -0.05) is 44.5 Å². The number of benzene rings is 1. The molecule has 1 fully saturated rings. The maximum absolute atomic E-state index is 13.8. The van der Waals surface area contributed by atoms with E-state index >= 15 is 0 Å². The van der Waals surface area contributed by atoms with E-state index < -0.39 is 35.4 Å². The molecule has 0 radical (unpaired) electrons. The van der Waals surface area contributed by atoms with Crippen LogP contribution >= 0.6 is 11.6 Å². The molecule has 0 aliphatic carbocycles. The summed E-state index contributed by atoms with van der Waals surface area (Å²) >= 11 is 6.07. The number of ketones is 1. The summed E-state index contributed by atoms with van der Waals surface area (Å²) in [6.45, 7) is 7.53. The van der Waals surface area contributed by atoms with Crippen LogP contribution in [0.15, 0.2) is 29.3 Å². The first-order valence-electron chi connectivity index (χ1n) is 15.2. The van der Waals surface area contributed by atoms with E-state index in [1.54, 1.807) is 59.0 Å². The summed E-state index contributed by atoms with van der Waals surface area (Å²) in [5, 5.41) is 9.01. The highest BCUT2D eigenvalue weighted by molar-refractivity contribution is 6.30. The van der Waals surface area contributed by atoms with Crippen LogP contribution in [0.2, 0.25) is 5.02 Å². The first kappa shape index (κ1) is 36.5. The van der Waals surface area contributed by atoms with Crippen molar-refractivity contribution < 1.29 is 24.0 Å². The van der Waals surface area contributed by atoms with Gasteiger partial charge in [-0.05, 0) is 63.1 Å². The highest BCUT2D eigenvalue weighted by Crippen LogP contribution is 2.25. The maximum Gasteiger partial charge on any atom is 0.249 e. The predicted octanol–water partition coefficient (Wildman–Crippen LogP) is 2.19. The normalized spacial score (nSPS) is 24.4. The molecule has 12 nitrogen and oxygen atoms in total. The predicted molar refractivity (Wildman–Crippen MR) is 170 cm³/mol. The molecular weight excluding hydrogens is 586 g/mol. The second kappa shape index (κ2) is 17.0. The SMILES string of the molecule is CC[C@@H]1NC(=O)[C@H](CCCN=C(N)N)CC(=O)[C@](C)(NC(=O)C(C)C)CCCCN(C)C(=O)[C@@H](c2ccc(Cl)cc2)NC1=O. The second-order valence-corrected chi connectivity index (χ2v) is 12.4. The standard InChI is InChI=1S/C31H48ClN7O5/c1-6-23-28(43)37-25(20-11-13-22(32)14-12-20)29(44)39(5)17-8-7-15-31(4,38-26(41)19(2)3)24(40)18-21(27(42)36-23)10-9-16-35-30(33)34/h11-14,19,21,23,25H,6-10,15-18H2,1-5H3,(H,36,42)(H,37,43)(H,38,41)(H4,33,34,35)/t21-,23+,25-,31-/m1/s1. The van der Waals surface area contributed by atoms with E-state index in [0.29, 0.717) is 42.8 Å². The van der Waals surface area contributed by atoms with Crippen LogP contribution < -0.4 is 27.4 Å². The van der Waals surface area contributed by atoms with Crippen molar-refractivity contribution >= 4 is 47.0 Å². The molecule has 4 atom stereocenters. The lowest BCUT2D eigenvalue weighted by atomic mass is 9.83. The van der Waals surface area contributed by atoms with Crippen molar-refractivity contribution in [1.29, 1.82) is 0 Å². The fourth-order valence-corrected chi connectivity index (χ4v) is 5.12. The van der Waals surface area contributed by atoms with Gasteiger partial charge in [-0.15, -0.1) is 0 Å². The van der Waals surface area contributed by atoms with Gasteiger partial charge in [0, 0.05) is 43.4 Å². The first-order valence-corrected chi connectivity index (χ1v) is 15.6. The molecule has 2 rings (SSSR count). The quantitative estimate of drug-likeness (QED) is 0.165. The van der Waals surface area contributed by atoms with Crippen LogP contribution in [0.4, 0.5) is 0 Å². The Kier molecular flexibility index (Phi) is 14.1. The van der Waals surface area contributed by atoms with Crippen LogP contribution in [-0.2, 0) is 24.0 Å². The van der Waals surface area contributed by atoms with E-state index in [-0.39, 0.29) is 55.3 Å². The summed E-state index contributed by atoms with van der Waals surface area (Å²) in [7, 11) is 1.65. The Hall–Kier alpha value is -3.67. The summed E-state index contributed by atoms with van der Waals surface area (Å²) in [6, 6.07) is 4.67. The third-order valence-electron chi connectivity index (χ3n) is 7.92. The van der Waals surface area contributed by atoms with Gasteiger partial charge < -0.3 is 32.3 Å². The number of amides is 4. The van der Waals surface area contributed by atoms with E-state index in [1.165, 1.54) is 4.90 Å². The van der Waals surface area contributed by atoms with Gasteiger partial charge in [0.1, 0.15) is 12.1 Å². The molecule has 4 amide bonds. The molecule has 244 valence electrons. The Morgan fingerprint density at radius 2 is 1.77 bits per heavy atom. The van der Waals surface area contributed by atoms with Crippen LogP contribution in [-0.4, -0.2) is 72.0 Å². The summed E-state index contributed by atoms with van der Waals surface area (Å²) in [4.78, 5) is 72.9. The third kappa shape index (κ3) is 10.8. The lowest BCUT2D eigenvalue weighted by Gasteiger charge is -2.33. The summed E-state index contributed by atoms with van der Waals surface area (Å²) in [5.74, 6) is -3.15. The second-order valence-electron chi connectivity index (χ2n) is 11.9. The summed E-state index contributed by atoms with van der Waals surface area (Å²) in [6.07, 6.45) is 2.18. The number of Topliss-reactive ketones (excluding diaryl/α,β-unsaturated/α-hetero) is 1. The minimum atomic E-state index is -1.23. The van der Waals surface area contributed by atoms with Gasteiger partial charge in [0.15, 0.2) is 11.7 Å². The molecule has 1 aromatic carbocycles. The Morgan fingerprint density at radius 1 is 1.11 bits per heavy atom. The van der Waals surface area contributed by atoms with Crippen LogP contribution in [0.1, 0.15) is 84.2 Å². The van der Waals surface area contributed by atoms with Gasteiger partial charge in [0.05, 0.1) is 5.54 Å². The highest BCUT2D eigenvalue weighted by atomic mass is 35.5. The molecule has 1 saturated heterocycles. The topological polar surface area (TPSA) is 189 Å². The van der Waals surface area contributed by atoms with Crippen LogP contribution in [0, 0.1) is 11.8 Å². The number of halogens is 1. The molecule has 0 bridgehead atoms. The third-order valence-corrected chi connectivity index (χ3v) is 8.17. The monoisotopic (exact) mass is 633 g/mol. The number of hydrogen-bond acceptors (Lipinski definition) is 6. The Morgan fingerprint density at radius 3 is 2.36 bits per heavy atom. The highest BCUT2D eigenvalue weighted by Gasteiger charge is 2.38. The van der Waals surface area contributed by atoms with Gasteiger partial charge in [-0.25, -0.2) is 0 Å². The van der Waals surface area contributed by atoms with E-state index in [0.717, 1.165) is 0 Å². The van der Waals surface area contributed by atoms with E-state index in [1.807, 2.05) is 0 Å². The van der Waals surface area contributed by atoms with Crippen LogP contribution in [0.25, 0.3) is 0 Å². The van der Waals surface area contributed by atoms with Gasteiger partial charge >= 0.3 is 0 Å². The largest absolute Gasteiger partial charge is 0.370 e. The zero-order chi connectivity index (χ0) is 33.0. The number of carbonyl (C=O) groups excluding carboxylic acids is 5. The first-order chi connectivity index (χ1) is 20.7. The summed E-state index contributed by atoms with van der Waals surface area (Å²) < 4.78 is 0.